The number of hydrogen-bond donors (Lipinski definition) is 3. The molecule has 1 atom stereocenters. The molecule has 4 aliphatic heterocycles. The van der Waals surface area contributed by atoms with E-state index in [0.717, 1.165) is 139 Å². The number of carbonyl (C=O) groups is 2. The Morgan fingerprint density at radius 1 is 0.899 bits per heavy atom. The first kappa shape index (κ1) is 47.1. The second kappa shape index (κ2) is 19.6. The first-order valence-electron chi connectivity index (χ1n) is 24.4. The van der Waals surface area contributed by atoms with Gasteiger partial charge in [0.1, 0.15) is 24.8 Å². The molecule has 362 valence electrons. The highest BCUT2D eigenvalue weighted by molar-refractivity contribution is 9.10. The number of pyridine rings is 1. The van der Waals surface area contributed by atoms with E-state index < -0.39 is 19.1 Å². The van der Waals surface area contributed by atoms with Gasteiger partial charge >= 0.3 is 5.69 Å². The summed E-state index contributed by atoms with van der Waals surface area (Å²) in [7, 11) is -0.867. The summed E-state index contributed by atoms with van der Waals surface area (Å²) in [6.45, 7) is 13.4. The fourth-order valence-corrected chi connectivity index (χ4v) is 14.7. The Morgan fingerprint density at radius 3 is 2.43 bits per heavy atom. The predicted octanol–water partition coefficient (Wildman–Crippen LogP) is 7.53. The van der Waals surface area contributed by atoms with Gasteiger partial charge in [-0.2, -0.15) is 4.98 Å². The number of halogens is 1. The smallest absolute Gasteiger partial charge is 0.329 e. The van der Waals surface area contributed by atoms with Crippen molar-refractivity contribution in [1.82, 2.24) is 39.2 Å². The second-order valence-electron chi connectivity index (χ2n) is 19.0. The van der Waals surface area contributed by atoms with Gasteiger partial charge < -0.3 is 29.7 Å². The Kier molecular flexibility index (Phi) is 13.4. The van der Waals surface area contributed by atoms with E-state index in [0.29, 0.717) is 47.6 Å². The Labute approximate surface area is 410 Å². The van der Waals surface area contributed by atoms with Gasteiger partial charge in [-0.1, -0.05) is 18.2 Å². The quantitative estimate of drug-likeness (QED) is 0.0767. The van der Waals surface area contributed by atoms with Crippen LogP contribution in [0.15, 0.2) is 70.1 Å². The molecule has 6 aromatic rings. The lowest BCUT2D eigenvalue weighted by atomic mass is 10.00. The number of anilines is 5. The molecular weight excluding hydrogens is 958 g/mol. The molecule has 1 unspecified atom stereocenters. The molecule has 0 saturated carbocycles. The number of benzene rings is 3. The first-order valence-corrected chi connectivity index (χ1v) is 27.3. The topological polar surface area (TPSA) is 172 Å². The third kappa shape index (κ3) is 9.42. The molecule has 3 N–H and O–H groups in total. The molecule has 0 radical (unpaired) electrons. The third-order valence-electron chi connectivity index (χ3n) is 14.7. The van der Waals surface area contributed by atoms with Crippen LogP contribution in [0.5, 0.6) is 5.75 Å². The van der Waals surface area contributed by atoms with Gasteiger partial charge in [0.15, 0.2) is 0 Å². The van der Waals surface area contributed by atoms with Crippen molar-refractivity contribution < 1.29 is 18.9 Å². The number of para-hydroxylation sites is 1. The summed E-state index contributed by atoms with van der Waals surface area (Å²) in [5.74, 6) is 1.01. The number of fused-ring (bicyclic) bond motifs is 2. The number of ether oxygens (including phenoxy) is 1. The van der Waals surface area contributed by atoms with Gasteiger partial charge in [-0.3, -0.25) is 33.9 Å². The number of piperidine rings is 2. The average molecular weight is 1020 g/mol. The van der Waals surface area contributed by atoms with Gasteiger partial charge in [0.05, 0.1) is 39.0 Å². The molecule has 16 nitrogen and oxygen atoms in total. The van der Waals surface area contributed by atoms with Crippen LogP contribution in [0.3, 0.4) is 0 Å². The van der Waals surface area contributed by atoms with Crippen molar-refractivity contribution in [3.8, 4) is 5.75 Å². The largest absolute Gasteiger partial charge is 0.492 e. The highest BCUT2D eigenvalue weighted by atomic mass is 79.9. The molecule has 7 heterocycles. The highest BCUT2D eigenvalue weighted by Gasteiger charge is 2.35. The van der Waals surface area contributed by atoms with Crippen molar-refractivity contribution in [2.45, 2.75) is 77.8 Å². The minimum Gasteiger partial charge on any atom is -0.492 e. The van der Waals surface area contributed by atoms with Crippen LogP contribution in [0, 0.1) is 13.8 Å². The number of aryl methyl sites for hydroxylation is 3. The summed E-state index contributed by atoms with van der Waals surface area (Å²) < 4.78 is 24.6. The Bertz CT molecular complexity index is 3060. The van der Waals surface area contributed by atoms with Crippen molar-refractivity contribution >= 4 is 91.0 Å². The summed E-state index contributed by atoms with van der Waals surface area (Å²) in [5.41, 5.74) is 8.09. The van der Waals surface area contributed by atoms with Crippen LogP contribution in [-0.4, -0.2) is 116 Å². The maximum Gasteiger partial charge on any atom is 0.329 e. The maximum absolute atomic E-state index is 14.5. The molecule has 3 aromatic carbocycles. The minimum absolute atomic E-state index is 0.220. The third-order valence-corrected chi connectivity index (χ3v) is 18.6. The number of imidazole rings is 1. The number of piperazine rings is 1. The Morgan fingerprint density at radius 2 is 1.68 bits per heavy atom. The molecule has 0 aliphatic carbocycles. The van der Waals surface area contributed by atoms with E-state index in [1.54, 1.807) is 22.4 Å². The minimum atomic E-state index is -2.64. The molecule has 69 heavy (non-hydrogen) atoms. The van der Waals surface area contributed by atoms with Crippen molar-refractivity contribution in [1.29, 1.82) is 0 Å². The predicted molar refractivity (Wildman–Crippen MR) is 277 cm³/mol. The SMILES string of the molecule is CCOc1cc(N2CCC(N3CCN(CCc4cccc5c4n(C)c(=O)n5C4CCC(=O)NC4=O)CC3)CC2)c(C)cc1Nc1ncc(Br)c(Nc2ccc3nc(C)ccc3c2P2(=O)CCCC2)n1. The van der Waals surface area contributed by atoms with E-state index >= 15 is 0 Å². The van der Waals surface area contributed by atoms with Crippen LogP contribution in [0.4, 0.5) is 28.8 Å². The first-order chi connectivity index (χ1) is 33.4. The second-order valence-corrected chi connectivity index (χ2v) is 23.0. The lowest BCUT2D eigenvalue weighted by Gasteiger charge is -2.43. The molecule has 4 saturated heterocycles. The highest BCUT2D eigenvalue weighted by Crippen LogP contribution is 2.54. The van der Waals surface area contributed by atoms with E-state index in [9.17, 15) is 18.9 Å². The maximum atomic E-state index is 14.5. The van der Waals surface area contributed by atoms with Gasteiger partial charge in [0, 0.05) is 112 Å². The molecular formula is C51H61BrN11O5P. The van der Waals surface area contributed by atoms with E-state index in [1.807, 2.05) is 44.2 Å². The number of imide groups is 1. The Hall–Kier alpha value is -5.61. The molecule has 2 amide bonds. The van der Waals surface area contributed by atoms with Crippen LogP contribution in [0.25, 0.3) is 21.9 Å². The van der Waals surface area contributed by atoms with Gasteiger partial charge in [-0.15, -0.1) is 0 Å². The monoisotopic (exact) mass is 1020 g/mol. The van der Waals surface area contributed by atoms with Crippen LogP contribution in [0.1, 0.15) is 68.3 Å². The standard InChI is InChI=1S/C51H61BrN11O5P/c1-5-68-44-30-43(32(2)29-40(44)56-50-53-31-37(52)48(58-50)55-39-14-13-38-36(12-11-33(3)54-38)47(39)69(67)27-6-7-28-69)62-21-18-35(19-22-62)61-25-23-60(24-26-61)20-17-34-9-8-10-41-46(34)59(4)51(66)63(41)42-15-16-45(64)57-49(42)65/h8-14,29-31,35,42H,5-7,15-28H2,1-4H3,(H,57,64,65)(H2,53,55,56,58). The van der Waals surface area contributed by atoms with E-state index in [-0.39, 0.29) is 18.0 Å². The fourth-order valence-electron chi connectivity index (χ4n) is 11.1. The normalized spacial score (nSPS) is 19.4. The number of hydrogen-bond acceptors (Lipinski definition) is 13. The van der Waals surface area contributed by atoms with Gasteiger partial charge in [-0.25, -0.2) is 9.78 Å². The van der Waals surface area contributed by atoms with Crippen LogP contribution in [-0.2, 0) is 27.6 Å². The zero-order valence-electron chi connectivity index (χ0n) is 39.9. The number of rotatable bonds is 13. The lowest BCUT2D eigenvalue weighted by molar-refractivity contribution is -0.135. The summed E-state index contributed by atoms with van der Waals surface area (Å²) in [5, 5.41) is 11.2. The molecule has 3 aromatic heterocycles. The van der Waals surface area contributed by atoms with Crippen LogP contribution < -0.4 is 36.6 Å². The van der Waals surface area contributed by atoms with Gasteiger partial charge in [-0.05, 0) is 117 Å². The van der Waals surface area contributed by atoms with E-state index in [2.05, 4.69) is 82.8 Å². The number of aromatic nitrogens is 5. The summed E-state index contributed by atoms with van der Waals surface area (Å²) >= 11 is 3.67. The van der Waals surface area contributed by atoms with Crippen LogP contribution in [0.2, 0.25) is 0 Å². The van der Waals surface area contributed by atoms with Gasteiger partial charge in [0.2, 0.25) is 17.8 Å². The van der Waals surface area contributed by atoms with Crippen molar-refractivity contribution in [3.63, 3.8) is 0 Å². The molecule has 10 rings (SSSR count). The van der Waals surface area contributed by atoms with Crippen molar-refractivity contribution in [2.75, 3.05) is 80.3 Å². The summed E-state index contributed by atoms with van der Waals surface area (Å²) in [6, 6.07) is 18.1. The average Bonchev–Trinajstić information content (AvgIpc) is 3.90. The van der Waals surface area contributed by atoms with E-state index in [4.69, 9.17) is 14.7 Å². The molecule has 0 bridgehead atoms. The van der Waals surface area contributed by atoms with Crippen molar-refractivity contribution in [3.05, 3.63) is 92.6 Å². The zero-order valence-corrected chi connectivity index (χ0v) is 42.4. The molecule has 18 heteroatoms. The summed E-state index contributed by atoms with van der Waals surface area (Å²) in [6.07, 6.45) is 8.53. The zero-order chi connectivity index (χ0) is 48.0. The van der Waals surface area contributed by atoms with Crippen molar-refractivity contribution in [2.24, 2.45) is 7.05 Å². The molecule has 0 spiro atoms. The lowest BCUT2D eigenvalue weighted by Crippen LogP contribution is -2.53. The number of amides is 2. The molecule has 4 fully saturated rings. The number of carbonyl (C=O) groups excluding carboxylic acids is 2. The number of nitrogens with one attached hydrogen (secondary N) is 3. The Balaban J connectivity index is 0.767. The summed E-state index contributed by atoms with van der Waals surface area (Å²) in [4.78, 5) is 60.0. The van der Waals surface area contributed by atoms with E-state index in [1.165, 1.54) is 5.69 Å². The van der Waals surface area contributed by atoms with Gasteiger partial charge in [0.25, 0.3) is 0 Å². The van der Waals surface area contributed by atoms with Crippen LogP contribution >= 0.6 is 23.1 Å². The fraction of sp³-hybridized carbons (Fsp3) is 0.451. The molecule has 4 aliphatic rings. The number of nitrogens with zero attached hydrogens (tertiary/aromatic N) is 8.